The fourth-order valence-electron chi connectivity index (χ4n) is 29.2. The van der Waals surface area contributed by atoms with Crippen molar-refractivity contribution in [2.24, 2.45) is 0 Å². The van der Waals surface area contributed by atoms with Gasteiger partial charge in [0.15, 0.2) is 0 Å². The highest BCUT2D eigenvalue weighted by atomic mass is 14.6. The van der Waals surface area contributed by atoms with E-state index in [9.17, 15) is 0 Å². The SMILES string of the molecule is c1cc2cccc3c4cc5c(cc4c(c1)c23)c1cccc2cccc5c21.c1ccc2c(c1)-c1c(ccc3ccccc13)C21c2ccccc2-c2c1ccc1ccccc21.c1ccc2c(c1)-c1ccccc1C21c2ccccc2-c2cc3ccccc3cc21.c1ccc2cc3c(cc2c1)-c1ccc2c4ccc5c6c(ccc(c7ccc-3c1c27)c64)-c1cc2ccccc2cc1-5.c1ccc2cc3c(cc2c1)-c1cccc2cccc-3c12. The van der Waals surface area contributed by atoms with Gasteiger partial charge in [0.25, 0.3) is 0 Å². The van der Waals surface area contributed by atoms with Crippen molar-refractivity contribution in [3.05, 3.63) is 554 Å². The summed E-state index contributed by atoms with van der Waals surface area (Å²) in [4.78, 5) is 0. The van der Waals surface area contributed by atoms with Crippen LogP contribution in [0.5, 0.6) is 0 Å². The van der Waals surface area contributed by atoms with Gasteiger partial charge < -0.3 is 0 Å². The highest BCUT2D eigenvalue weighted by molar-refractivity contribution is 6.42. The van der Waals surface area contributed by atoms with Gasteiger partial charge in [-0.2, -0.15) is 0 Å². The van der Waals surface area contributed by atoms with Crippen LogP contribution in [0.25, 0.3) is 294 Å². The van der Waals surface area contributed by atoms with Gasteiger partial charge in [0.05, 0.1) is 10.8 Å². The average Bonchev–Trinajstić information content (AvgIpc) is 1.51. The zero-order chi connectivity index (χ0) is 96.2. The lowest BCUT2D eigenvalue weighted by Crippen LogP contribution is -2.25. The fourth-order valence-corrected chi connectivity index (χ4v) is 29.2. The molecule has 0 radical (unpaired) electrons. The van der Waals surface area contributed by atoms with Crippen LogP contribution in [0.2, 0.25) is 0 Å². The van der Waals surface area contributed by atoms with E-state index < -0.39 is 0 Å². The maximum absolute atomic E-state index is 2.43. The summed E-state index contributed by atoms with van der Waals surface area (Å²) >= 11 is 0. The monoisotopic (exact) mass is 1860 g/mol. The summed E-state index contributed by atoms with van der Waals surface area (Å²) in [5, 5.41) is 46.1. The Hall–Kier alpha value is -19.0. The number of hydrogen-bond acceptors (Lipinski definition) is 0. The molecule has 0 fully saturated rings. The van der Waals surface area contributed by atoms with E-state index >= 15 is 0 Å². The maximum atomic E-state index is 2.43. The Morgan fingerprint density at radius 1 is 0.0878 bits per heavy atom. The molecule has 0 nitrogen and oxygen atoms in total. The van der Waals surface area contributed by atoms with Crippen molar-refractivity contribution in [3.63, 3.8) is 0 Å². The Bertz CT molecular complexity index is 10500. The summed E-state index contributed by atoms with van der Waals surface area (Å²) in [6.45, 7) is 0. The third kappa shape index (κ3) is 10.6. The van der Waals surface area contributed by atoms with Crippen LogP contribution in [-0.2, 0) is 10.8 Å². The minimum atomic E-state index is -0.286. The Kier molecular flexibility index (Phi) is 16.3. The lowest BCUT2D eigenvalue weighted by Gasteiger charge is -2.30. The molecule has 7 aliphatic rings. The van der Waals surface area contributed by atoms with E-state index in [1.807, 2.05) is 0 Å². The van der Waals surface area contributed by atoms with E-state index in [1.165, 1.54) is 339 Å². The summed E-state index contributed by atoms with van der Waals surface area (Å²) in [5.74, 6) is 0. The lowest BCUT2D eigenvalue weighted by atomic mass is 9.70. The molecule has 7 aliphatic carbocycles. The molecule has 31 aromatic carbocycles. The predicted octanol–water partition coefficient (Wildman–Crippen LogP) is 40.0. The number of rotatable bonds is 0. The van der Waals surface area contributed by atoms with E-state index in [2.05, 4.69) is 510 Å². The second-order valence-corrected chi connectivity index (χ2v) is 41.8. The van der Waals surface area contributed by atoms with Crippen molar-refractivity contribution in [3.8, 4) is 111 Å². The topological polar surface area (TPSA) is 0 Å². The first-order valence-electron chi connectivity index (χ1n) is 52.1. The van der Waals surface area contributed by atoms with Crippen LogP contribution in [0.15, 0.2) is 510 Å². The summed E-state index contributed by atoms with van der Waals surface area (Å²) in [6.07, 6.45) is 0. The zero-order valence-corrected chi connectivity index (χ0v) is 80.5. The molecule has 0 saturated carbocycles. The van der Waals surface area contributed by atoms with Gasteiger partial charge in [0, 0.05) is 0 Å². The van der Waals surface area contributed by atoms with Crippen LogP contribution in [0, 0.1) is 0 Å². The van der Waals surface area contributed by atoms with Crippen LogP contribution in [-0.4, -0.2) is 0 Å². The minimum absolute atomic E-state index is 0.233. The summed E-state index contributed by atoms with van der Waals surface area (Å²) < 4.78 is 0. The largest absolute Gasteiger partial charge is 0.0725 e. The highest BCUT2D eigenvalue weighted by Crippen LogP contribution is 2.68. The molecule has 31 aromatic rings. The Morgan fingerprint density at radius 2 is 0.311 bits per heavy atom. The molecule has 148 heavy (non-hydrogen) atoms. The van der Waals surface area contributed by atoms with E-state index in [4.69, 9.17) is 0 Å². The molecule has 0 bridgehead atoms. The molecule has 0 amide bonds. The predicted molar refractivity (Wildman–Crippen MR) is 629 cm³/mol. The van der Waals surface area contributed by atoms with E-state index in [0.717, 1.165) is 0 Å². The molecule has 0 unspecified atom stereocenters. The summed E-state index contributed by atoms with van der Waals surface area (Å²) in [5.41, 5.74) is 38.1. The Labute approximate surface area is 852 Å². The molecular formula is C148H84. The quantitative estimate of drug-likeness (QED) is 0.105. The molecule has 0 aliphatic heterocycles. The summed E-state index contributed by atoms with van der Waals surface area (Å²) in [7, 11) is 0. The molecule has 0 heteroatoms. The third-order valence-electron chi connectivity index (χ3n) is 35.1. The highest BCUT2D eigenvalue weighted by Gasteiger charge is 2.54. The van der Waals surface area contributed by atoms with Crippen LogP contribution < -0.4 is 0 Å². The second kappa shape index (κ2) is 29.9. The first-order chi connectivity index (χ1) is 73.4. The molecule has 0 saturated heterocycles. The van der Waals surface area contributed by atoms with Gasteiger partial charge in [0.2, 0.25) is 0 Å². The molecule has 676 valence electrons. The second-order valence-electron chi connectivity index (χ2n) is 41.8. The van der Waals surface area contributed by atoms with Gasteiger partial charge >= 0.3 is 0 Å². The molecule has 0 heterocycles. The molecule has 0 N–H and O–H groups in total. The third-order valence-corrected chi connectivity index (χ3v) is 35.1. The minimum Gasteiger partial charge on any atom is -0.0619 e. The van der Waals surface area contributed by atoms with Crippen molar-refractivity contribution >= 4 is 183 Å². The van der Waals surface area contributed by atoms with Crippen molar-refractivity contribution in [2.45, 2.75) is 10.8 Å². The van der Waals surface area contributed by atoms with Crippen molar-refractivity contribution in [2.75, 3.05) is 0 Å². The van der Waals surface area contributed by atoms with Crippen LogP contribution in [0.4, 0.5) is 0 Å². The molecular weight excluding hydrogens is 1780 g/mol. The fraction of sp³-hybridized carbons (Fsp3) is 0.0135. The number of benzene rings is 29. The molecule has 0 aromatic heterocycles. The first-order valence-corrected chi connectivity index (χ1v) is 52.1. The average molecular weight is 1860 g/mol. The number of fused-ring (bicyclic) bond motifs is 45. The van der Waals surface area contributed by atoms with E-state index in [-0.39, 0.29) is 10.8 Å². The Morgan fingerprint density at radius 3 is 0.649 bits per heavy atom. The van der Waals surface area contributed by atoms with Gasteiger partial charge in [-0.3, -0.25) is 0 Å². The lowest BCUT2D eigenvalue weighted by molar-refractivity contribution is 0.795. The standard InChI is InChI=1S/C40H20.C33H20.C29H18.C26H14.C20H12/c1-2-6-22-18-34-30-14-10-26-28-12-16-32-36-20-24-8-4-3-7-23(24)19-35(36)31-15-11-27(38(28)40(31)32)25-9-13-29(39(30)37(25)26)33(34)17-21(22)5-1;1-3-11-23-21(9-1)17-19-29-31(23)25-13-5-7-15-27(25)33(29)28-16-8-6-14-26(28)32-24-12-4-2-10-22(24)18-20-30(32)33;1-2-10-20-18-28-24(17-19(20)9-1)23-13-5-8-16-27(23)29(28)25-14-6-3-11-21(25)22-12-4-7-15-26(22)29;1-5-15-6-2-10-18-22-14-24-20-12-4-8-16-7-3-11-19(26(16)20)23(24)13-21(22)17(9-1)25(15)18;1-2-6-15-12-19-17-10-4-8-13-7-3-9-16(20(13)17)18(19)11-14(15)5-1/h1-20H;1-20H;1-18H;1-14H;1-12H. The van der Waals surface area contributed by atoms with E-state index in [0.29, 0.717) is 0 Å². The van der Waals surface area contributed by atoms with Gasteiger partial charge in [-0.15, -0.1) is 0 Å². The van der Waals surface area contributed by atoms with Crippen molar-refractivity contribution in [1.82, 2.24) is 0 Å². The van der Waals surface area contributed by atoms with Gasteiger partial charge in [-0.1, -0.05) is 449 Å². The van der Waals surface area contributed by atoms with Gasteiger partial charge in [-0.05, 0) is 400 Å². The van der Waals surface area contributed by atoms with E-state index in [1.54, 1.807) is 0 Å². The Balaban J connectivity index is 0.0000000804. The van der Waals surface area contributed by atoms with Crippen LogP contribution >= 0.6 is 0 Å². The number of hydrogen-bond donors (Lipinski definition) is 0. The van der Waals surface area contributed by atoms with Crippen LogP contribution in [0.3, 0.4) is 0 Å². The normalized spacial score (nSPS) is 13.4. The summed E-state index contributed by atoms with van der Waals surface area (Å²) in [6, 6.07) is 190. The molecule has 2 spiro atoms. The molecule has 38 rings (SSSR count). The van der Waals surface area contributed by atoms with Crippen LogP contribution in [0.1, 0.15) is 44.5 Å². The van der Waals surface area contributed by atoms with Gasteiger partial charge in [-0.25, -0.2) is 0 Å². The first kappa shape index (κ1) is 80.6. The molecule has 0 atom stereocenters. The zero-order valence-electron chi connectivity index (χ0n) is 80.5. The van der Waals surface area contributed by atoms with Crippen molar-refractivity contribution < 1.29 is 0 Å². The smallest absolute Gasteiger partial charge is 0.0619 e. The van der Waals surface area contributed by atoms with Gasteiger partial charge in [0.1, 0.15) is 0 Å². The van der Waals surface area contributed by atoms with Crippen molar-refractivity contribution in [1.29, 1.82) is 0 Å². The maximum Gasteiger partial charge on any atom is 0.0725 e.